The van der Waals surface area contributed by atoms with E-state index in [1.807, 2.05) is 30.5 Å². The van der Waals surface area contributed by atoms with E-state index in [1.54, 1.807) is 11.8 Å². The molecule has 1 saturated heterocycles. The topological polar surface area (TPSA) is 105 Å². The first-order chi connectivity index (χ1) is 15.4. The van der Waals surface area contributed by atoms with Crippen molar-refractivity contribution in [3.05, 3.63) is 54.3 Å². The van der Waals surface area contributed by atoms with Gasteiger partial charge in [-0.2, -0.15) is 4.31 Å². The molecule has 1 aliphatic rings. The van der Waals surface area contributed by atoms with Crippen LogP contribution < -0.4 is 5.32 Å². The Morgan fingerprint density at radius 2 is 1.88 bits per heavy atom. The van der Waals surface area contributed by atoms with Gasteiger partial charge in [-0.25, -0.2) is 12.8 Å². The van der Waals surface area contributed by atoms with Crippen molar-refractivity contribution >= 4 is 33.7 Å². The number of amides is 1. The second-order valence-electron chi connectivity index (χ2n) is 7.27. The zero-order chi connectivity index (χ0) is 22.7. The molecule has 2 heterocycles. The predicted octanol–water partition coefficient (Wildman–Crippen LogP) is 3.64. The minimum atomic E-state index is -3.73. The molecule has 11 heteroatoms. The Balaban J connectivity index is 1.36. The van der Waals surface area contributed by atoms with Crippen molar-refractivity contribution in [1.82, 2.24) is 14.5 Å². The van der Waals surface area contributed by atoms with Crippen molar-refractivity contribution in [2.45, 2.75) is 22.6 Å². The van der Waals surface area contributed by atoms with E-state index in [0.717, 1.165) is 22.6 Å². The lowest BCUT2D eigenvalue weighted by Gasteiger charge is -2.30. The number of hydrogen-bond donors (Lipinski definition) is 1. The molecule has 32 heavy (non-hydrogen) atoms. The van der Waals surface area contributed by atoms with Gasteiger partial charge in [-0.05, 0) is 61.6 Å². The van der Waals surface area contributed by atoms with Crippen molar-refractivity contribution in [3.8, 4) is 11.5 Å². The van der Waals surface area contributed by atoms with Gasteiger partial charge in [0.25, 0.3) is 0 Å². The molecule has 0 unspecified atom stereocenters. The summed E-state index contributed by atoms with van der Waals surface area (Å²) in [4.78, 5) is 13.7. The summed E-state index contributed by atoms with van der Waals surface area (Å²) in [7, 11) is -3.73. The zero-order valence-electron chi connectivity index (χ0n) is 17.2. The van der Waals surface area contributed by atoms with E-state index < -0.39 is 15.8 Å². The van der Waals surface area contributed by atoms with Crippen molar-refractivity contribution in [2.24, 2.45) is 5.92 Å². The molecule has 3 aromatic rings. The molecule has 0 bridgehead atoms. The number of benzene rings is 2. The summed E-state index contributed by atoms with van der Waals surface area (Å²) in [6.45, 7) is 0.378. The number of nitrogens with zero attached hydrogens (tertiary/aromatic N) is 3. The average molecular weight is 477 g/mol. The predicted molar refractivity (Wildman–Crippen MR) is 118 cm³/mol. The molecule has 2 aromatic carbocycles. The highest BCUT2D eigenvalue weighted by atomic mass is 32.2. The smallest absolute Gasteiger partial charge is 0.322 e. The summed E-state index contributed by atoms with van der Waals surface area (Å²) in [6, 6.07) is 12.3. The van der Waals surface area contributed by atoms with Gasteiger partial charge in [0.2, 0.25) is 21.8 Å². The van der Waals surface area contributed by atoms with Crippen LogP contribution in [0.4, 0.5) is 10.4 Å². The van der Waals surface area contributed by atoms with Crippen molar-refractivity contribution in [3.63, 3.8) is 0 Å². The summed E-state index contributed by atoms with van der Waals surface area (Å²) in [5, 5.41) is 10.5. The van der Waals surface area contributed by atoms with Crippen LogP contribution in [-0.4, -0.2) is 48.2 Å². The third kappa shape index (κ3) is 4.84. The van der Waals surface area contributed by atoms with Crippen LogP contribution in [0.15, 0.2) is 62.7 Å². The quantitative estimate of drug-likeness (QED) is 0.542. The maximum Gasteiger partial charge on any atom is 0.322 e. The Morgan fingerprint density at radius 3 is 2.56 bits per heavy atom. The van der Waals surface area contributed by atoms with Gasteiger partial charge in [-0.3, -0.25) is 10.1 Å². The fourth-order valence-electron chi connectivity index (χ4n) is 3.47. The largest absolute Gasteiger partial charge is 0.403 e. The Kier molecular flexibility index (Phi) is 6.58. The Hall–Kier alpha value is -2.76. The molecule has 1 aliphatic heterocycles. The molecular formula is C21H21FN4O4S2. The lowest BCUT2D eigenvalue weighted by molar-refractivity contribution is -0.121. The third-order valence-corrected chi connectivity index (χ3v) is 7.89. The first-order valence-electron chi connectivity index (χ1n) is 9.91. The lowest BCUT2D eigenvalue weighted by Crippen LogP contribution is -2.41. The molecule has 1 amide bonds. The van der Waals surface area contributed by atoms with Crippen molar-refractivity contribution < 1.29 is 22.0 Å². The summed E-state index contributed by atoms with van der Waals surface area (Å²) in [5.74, 6) is -0.876. The van der Waals surface area contributed by atoms with E-state index in [2.05, 4.69) is 15.5 Å². The van der Waals surface area contributed by atoms with E-state index >= 15 is 0 Å². The molecule has 0 spiro atoms. The van der Waals surface area contributed by atoms with Gasteiger partial charge in [0.1, 0.15) is 5.82 Å². The number of hydrogen-bond acceptors (Lipinski definition) is 7. The van der Waals surface area contributed by atoms with Crippen LogP contribution in [0.5, 0.6) is 0 Å². The molecular weight excluding hydrogens is 455 g/mol. The maximum atomic E-state index is 13.1. The maximum absolute atomic E-state index is 13.1. The SMILES string of the molecule is CSc1cccc(-c2nnc(NC(=O)C3CCN(S(=O)(=O)c4ccc(F)cc4)CC3)o2)c1. The molecule has 8 nitrogen and oxygen atoms in total. The molecule has 0 radical (unpaired) electrons. The number of anilines is 1. The number of thioether (sulfide) groups is 1. The summed E-state index contributed by atoms with van der Waals surface area (Å²) in [6.07, 6.45) is 2.67. The molecule has 0 aliphatic carbocycles. The zero-order valence-corrected chi connectivity index (χ0v) is 18.8. The van der Waals surface area contributed by atoms with E-state index in [0.29, 0.717) is 18.7 Å². The normalized spacial score (nSPS) is 15.6. The van der Waals surface area contributed by atoms with Crippen LogP contribution in [0, 0.1) is 11.7 Å². The molecule has 1 aromatic heterocycles. The number of carbonyl (C=O) groups excluding carboxylic acids is 1. The first kappa shape index (κ1) is 22.4. The van der Waals surface area contributed by atoms with Gasteiger partial charge >= 0.3 is 6.01 Å². The van der Waals surface area contributed by atoms with Crippen LogP contribution in [0.2, 0.25) is 0 Å². The van der Waals surface area contributed by atoms with E-state index in [9.17, 15) is 17.6 Å². The van der Waals surface area contributed by atoms with E-state index in [1.165, 1.54) is 16.4 Å². The van der Waals surface area contributed by atoms with Crippen molar-refractivity contribution in [1.29, 1.82) is 0 Å². The molecule has 4 rings (SSSR count). The number of halogens is 1. The lowest BCUT2D eigenvalue weighted by atomic mass is 9.97. The minimum Gasteiger partial charge on any atom is -0.403 e. The summed E-state index contributed by atoms with van der Waals surface area (Å²) >= 11 is 1.59. The third-order valence-electron chi connectivity index (χ3n) is 5.25. The molecule has 168 valence electrons. The highest BCUT2D eigenvalue weighted by molar-refractivity contribution is 7.98. The number of sulfonamides is 1. The second kappa shape index (κ2) is 9.39. The molecule has 0 saturated carbocycles. The summed E-state index contributed by atoms with van der Waals surface area (Å²) in [5.41, 5.74) is 0.754. The van der Waals surface area contributed by atoms with Gasteiger partial charge in [0.05, 0.1) is 4.90 Å². The number of rotatable bonds is 6. The average Bonchev–Trinajstić information content (AvgIpc) is 3.28. The fourth-order valence-corrected chi connectivity index (χ4v) is 5.40. The Morgan fingerprint density at radius 1 is 1.16 bits per heavy atom. The van der Waals surface area contributed by atoms with Crippen LogP contribution >= 0.6 is 11.8 Å². The number of carbonyl (C=O) groups is 1. The van der Waals surface area contributed by atoms with Crippen LogP contribution in [-0.2, 0) is 14.8 Å². The Bertz CT molecular complexity index is 1210. The van der Waals surface area contributed by atoms with Crippen molar-refractivity contribution in [2.75, 3.05) is 24.7 Å². The summed E-state index contributed by atoms with van der Waals surface area (Å²) < 4.78 is 45.4. The number of piperidine rings is 1. The van der Waals surface area contributed by atoms with Gasteiger partial charge in [-0.15, -0.1) is 16.9 Å². The first-order valence-corrected chi connectivity index (χ1v) is 12.6. The van der Waals surface area contributed by atoms with Crippen LogP contribution in [0.3, 0.4) is 0 Å². The number of aromatic nitrogens is 2. The number of nitrogens with one attached hydrogen (secondary N) is 1. The highest BCUT2D eigenvalue weighted by Crippen LogP contribution is 2.27. The van der Waals surface area contributed by atoms with E-state index in [4.69, 9.17) is 4.42 Å². The van der Waals surface area contributed by atoms with Gasteiger partial charge in [0, 0.05) is 29.5 Å². The van der Waals surface area contributed by atoms with Gasteiger partial charge in [-0.1, -0.05) is 11.2 Å². The second-order valence-corrected chi connectivity index (χ2v) is 10.1. The van der Waals surface area contributed by atoms with Crippen LogP contribution in [0.1, 0.15) is 12.8 Å². The standard InChI is InChI=1S/C21H21FN4O4S2/c1-31-17-4-2-3-15(13-17)20-24-25-21(30-20)23-19(27)14-9-11-26(12-10-14)32(28,29)18-7-5-16(22)6-8-18/h2-8,13-14H,9-12H2,1H3,(H,23,25,27). The molecule has 0 atom stereocenters. The van der Waals surface area contributed by atoms with Crippen LogP contribution in [0.25, 0.3) is 11.5 Å². The highest BCUT2D eigenvalue weighted by Gasteiger charge is 2.32. The Labute approximate surface area is 189 Å². The fraction of sp³-hybridized carbons (Fsp3) is 0.286. The van der Waals surface area contributed by atoms with Gasteiger partial charge < -0.3 is 4.42 Å². The minimum absolute atomic E-state index is 0.000850. The molecule has 1 N–H and O–H groups in total. The van der Waals surface area contributed by atoms with E-state index in [-0.39, 0.29) is 35.8 Å². The van der Waals surface area contributed by atoms with Gasteiger partial charge in [0.15, 0.2) is 0 Å². The monoisotopic (exact) mass is 476 g/mol. The molecule has 1 fully saturated rings.